The molecule has 2 aromatic carbocycles. The Balaban J connectivity index is 0.000000210. The first-order valence-corrected chi connectivity index (χ1v) is 10.4. The van der Waals surface area contributed by atoms with E-state index in [0.29, 0.717) is 5.76 Å². The quantitative estimate of drug-likeness (QED) is 0.391. The molecule has 4 rings (SSSR count). The van der Waals surface area contributed by atoms with Crippen molar-refractivity contribution in [2.75, 3.05) is 6.61 Å². The van der Waals surface area contributed by atoms with Crippen LogP contribution in [0.1, 0.15) is 60.1 Å². The number of aryl methyl sites for hydroxylation is 1. The molecular formula is C25H28O6. The van der Waals surface area contributed by atoms with Gasteiger partial charge in [0.05, 0.1) is 12.2 Å². The highest BCUT2D eigenvalue weighted by Gasteiger charge is 2.23. The van der Waals surface area contributed by atoms with Crippen molar-refractivity contribution < 1.29 is 29.0 Å². The van der Waals surface area contributed by atoms with Crippen molar-refractivity contribution in [1.29, 1.82) is 0 Å². The lowest BCUT2D eigenvalue weighted by Gasteiger charge is -2.04. The van der Waals surface area contributed by atoms with Gasteiger partial charge in [-0.3, -0.25) is 9.59 Å². The lowest BCUT2D eigenvalue weighted by atomic mass is 10.0. The van der Waals surface area contributed by atoms with Crippen LogP contribution in [0.2, 0.25) is 0 Å². The summed E-state index contributed by atoms with van der Waals surface area (Å²) in [5.41, 5.74) is 1.81. The number of fused-ring (bicyclic) bond motifs is 1. The molecule has 1 aliphatic rings. The van der Waals surface area contributed by atoms with Gasteiger partial charge in [-0.2, -0.15) is 0 Å². The highest BCUT2D eigenvalue weighted by molar-refractivity contribution is 6.01. The van der Waals surface area contributed by atoms with E-state index in [1.165, 1.54) is 38.0 Å². The van der Waals surface area contributed by atoms with E-state index in [0.717, 1.165) is 34.8 Å². The number of furan rings is 1. The number of carbonyl (C=O) groups excluding carboxylic acids is 2. The molecule has 2 N–H and O–H groups in total. The molecular weight excluding hydrogens is 396 g/mol. The van der Waals surface area contributed by atoms with E-state index >= 15 is 0 Å². The van der Waals surface area contributed by atoms with Gasteiger partial charge in [-0.1, -0.05) is 13.8 Å². The number of phenolic OH excluding ortho intramolecular Hbond substituents is 2. The molecule has 31 heavy (non-hydrogen) atoms. The van der Waals surface area contributed by atoms with Crippen LogP contribution < -0.4 is 4.74 Å². The number of carbonyl (C=O) groups is 2. The third-order valence-corrected chi connectivity index (χ3v) is 5.20. The van der Waals surface area contributed by atoms with E-state index in [1.54, 1.807) is 0 Å². The van der Waals surface area contributed by atoms with E-state index in [2.05, 4.69) is 0 Å². The number of phenols is 2. The van der Waals surface area contributed by atoms with Crippen LogP contribution in [0.25, 0.3) is 11.0 Å². The summed E-state index contributed by atoms with van der Waals surface area (Å²) in [7, 11) is 0. The van der Waals surface area contributed by atoms with Gasteiger partial charge in [0.15, 0.2) is 11.5 Å². The molecule has 3 aromatic rings. The van der Waals surface area contributed by atoms with Gasteiger partial charge in [-0.25, -0.2) is 0 Å². The molecule has 0 amide bonds. The summed E-state index contributed by atoms with van der Waals surface area (Å²) in [6, 6.07) is 9.62. The maximum atomic E-state index is 12.1. The van der Waals surface area contributed by atoms with Crippen molar-refractivity contribution in [3.05, 3.63) is 53.3 Å². The van der Waals surface area contributed by atoms with Crippen LogP contribution in [0.5, 0.6) is 17.2 Å². The number of ether oxygens (including phenoxy) is 1. The van der Waals surface area contributed by atoms with Crippen molar-refractivity contribution >= 4 is 22.5 Å². The largest absolute Gasteiger partial charge is 0.508 e. The summed E-state index contributed by atoms with van der Waals surface area (Å²) in [5, 5.41) is 19.0. The average molecular weight is 424 g/mol. The van der Waals surface area contributed by atoms with Gasteiger partial charge in [0.25, 0.3) is 0 Å². The highest BCUT2D eigenvalue weighted by Crippen LogP contribution is 2.32. The summed E-state index contributed by atoms with van der Waals surface area (Å²) < 4.78 is 11.5. The minimum absolute atomic E-state index is 0.0204. The van der Waals surface area contributed by atoms with Crippen molar-refractivity contribution in [2.45, 2.75) is 40.5 Å². The van der Waals surface area contributed by atoms with Crippen LogP contribution in [0.15, 0.2) is 40.8 Å². The summed E-state index contributed by atoms with van der Waals surface area (Å²) in [6.45, 7) is 7.83. The van der Waals surface area contributed by atoms with Crippen LogP contribution in [0, 0.1) is 18.8 Å². The molecule has 1 saturated carbocycles. The van der Waals surface area contributed by atoms with Gasteiger partial charge >= 0.3 is 0 Å². The zero-order chi connectivity index (χ0) is 22.7. The Kier molecular flexibility index (Phi) is 6.68. The average Bonchev–Trinajstić information content (AvgIpc) is 3.51. The van der Waals surface area contributed by atoms with Gasteiger partial charge in [0.2, 0.25) is 5.78 Å². The molecule has 164 valence electrons. The molecule has 1 aromatic heterocycles. The fourth-order valence-corrected chi connectivity index (χ4v) is 3.09. The van der Waals surface area contributed by atoms with E-state index in [-0.39, 0.29) is 34.5 Å². The van der Waals surface area contributed by atoms with Crippen molar-refractivity contribution in [1.82, 2.24) is 0 Å². The Morgan fingerprint density at radius 2 is 1.84 bits per heavy atom. The third-order valence-electron chi connectivity index (χ3n) is 5.20. The Bertz CT molecular complexity index is 1100. The SMILES string of the molecule is CC(=O)c1cc(O)ccc1O.Cc1c(C(=O)C(C)C)oc2ccc(OCC3CC3)cc12. The fraction of sp³-hybridized carbons (Fsp3) is 0.360. The van der Waals surface area contributed by atoms with Crippen LogP contribution in [-0.2, 0) is 0 Å². The molecule has 1 heterocycles. The number of aromatic hydroxyl groups is 2. The minimum atomic E-state index is -0.265. The first-order chi connectivity index (χ1) is 14.7. The molecule has 0 radical (unpaired) electrons. The zero-order valence-electron chi connectivity index (χ0n) is 18.3. The summed E-state index contributed by atoms with van der Waals surface area (Å²) in [5.74, 6) is 1.68. The van der Waals surface area contributed by atoms with Gasteiger partial charge in [0, 0.05) is 16.9 Å². The molecule has 0 bridgehead atoms. The number of Topliss-reactive ketones (excluding diaryl/α,β-unsaturated/α-hetero) is 2. The monoisotopic (exact) mass is 424 g/mol. The number of rotatable bonds is 6. The lowest BCUT2D eigenvalue weighted by Crippen LogP contribution is -2.07. The first-order valence-electron chi connectivity index (χ1n) is 10.4. The Hall–Kier alpha value is -3.28. The topological polar surface area (TPSA) is 97.0 Å². The first kappa shape index (κ1) is 22.4. The molecule has 1 fully saturated rings. The molecule has 0 unspecified atom stereocenters. The van der Waals surface area contributed by atoms with E-state index < -0.39 is 0 Å². The molecule has 0 saturated heterocycles. The number of ketones is 2. The predicted molar refractivity (Wildman–Crippen MR) is 118 cm³/mol. The lowest BCUT2D eigenvalue weighted by molar-refractivity contribution is 0.0912. The molecule has 6 nitrogen and oxygen atoms in total. The van der Waals surface area contributed by atoms with Crippen LogP contribution in [0.3, 0.4) is 0 Å². The maximum absolute atomic E-state index is 12.1. The van der Waals surface area contributed by atoms with Crippen molar-refractivity contribution in [3.8, 4) is 17.2 Å². The second kappa shape index (κ2) is 9.25. The molecule has 1 aliphatic carbocycles. The molecule has 0 spiro atoms. The maximum Gasteiger partial charge on any atom is 0.200 e. The normalized spacial score (nSPS) is 13.1. The zero-order valence-corrected chi connectivity index (χ0v) is 18.3. The third kappa shape index (κ3) is 5.45. The van der Waals surface area contributed by atoms with Crippen LogP contribution >= 0.6 is 0 Å². The summed E-state index contributed by atoms with van der Waals surface area (Å²) in [6.07, 6.45) is 2.56. The molecule has 0 aliphatic heterocycles. The van der Waals surface area contributed by atoms with Gasteiger partial charge in [0.1, 0.15) is 22.8 Å². The van der Waals surface area contributed by atoms with Crippen LogP contribution in [0.4, 0.5) is 0 Å². The Morgan fingerprint density at radius 1 is 1.13 bits per heavy atom. The van der Waals surface area contributed by atoms with Gasteiger partial charge in [-0.15, -0.1) is 0 Å². The fourth-order valence-electron chi connectivity index (χ4n) is 3.09. The van der Waals surface area contributed by atoms with Crippen molar-refractivity contribution in [3.63, 3.8) is 0 Å². The number of hydrogen-bond donors (Lipinski definition) is 2. The van der Waals surface area contributed by atoms with Crippen LogP contribution in [-0.4, -0.2) is 28.4 Å². The van der Waals surface area contributed by atoms with Gasteiger partial charge < -0.3 is 19.4 Å². The minimum Gasteiger partial charge on any atom is -0.508 e. The van der Waals surface area contributed by atoms with Gasteiger partial charge in [-0.05, 0) is 69.0 Å². The van der Waals surface area contributed by atoms with E-state index in [1.807, 2.05) is 39.0 Å². The number of benzene rings is 2. The summed E-state index contributed by atoms with van der Waals surface area (Å²) >= 11 is 0. The molecule has 6 heteroatoms. The van der Waals surface area contributed by atoms with Crippen molar-refractivity contribution in [2.24, 2.45) is 11.8 Å². The van der Waals surface area contributed by atoms with E-state index in [9.17, 15) is 9.59 Å². The smallest absolute Gasteiger partial charge is 0.200 e. The summed E-state index contributed by atoms with van der Waals surface area (Å²) in [4.78, 5) is 22.9. The molecule has 0 atom stereocenters. The van der Waals surface area contributed by atoms with E-state index in [4.69, 9.17) is 19.4 Å². The standard InChI is InChI=1S/C17H20O3.C8H8O3/c1-10(2)16(18)17-11(3)14-8-13(6-7-15(14)20-17)19-9-12-4-5-12;1-5(9)7-4-6(10)2-3-8(7)11/h6-8,10,12H,4-5,9H2,1-3H3;2-4,10-11H,1H3. The Morgan fingerprint density at radius 3 is 2.42 bits per heavy atom. The highest BCUT2D eigenvalue weighted by atomic mass is 16.5. The second-order valence-corrected chi connectivity index (χ2v) is 8.25. The second-order valence-electron chi connectivity index (χ2n) is 8.25. The predicted octanol–water partition coefficient (Wildman–Crippen LogP) is 5.67. The number of hydrogen-bond acceptors (Lipinski definition) is 6. The Labute approximate surface area is 181 Å².